The van der Waals surface area contributed by atoms with Crippen LogP contribution in [0.1, 0.15) is 41.7 Å². The first-order valence-electron chi connectivity index (χ1n) is 6.10. The van der Waals surface area contributed by atoms with E-state index < -0.39 is 5.97 Å². The first-order valence-corrected chi connectivity index (χ1v) is 6.92. The number of carboxylic acid groups (broad SMARTS) is 1. The van der Waals surface area contributed by atoms with E-state index in [9.17, 15) is 9.90 Å². The fourth-order valence-corrected chi connectivity index (χ4v) is 2.91. The van der Waals surface area contributed by atoms with Crippen molar-refractivity contribution in [1.82, 2.24) is 4.98 Å². The van der Waals surface area contributed by atoms with Crippen LogP contribution in [0.25, 0.3) is 10.6 Å². The predicted octanol–water partition coefficient (Wildman–Crippen LogP) is 4.11. The van der Waals surface area contributed by atoms with Gasteiger partial charge in [-0.05, 0) is 6.92 Å². The van der Waals surface area contributed by atoms with Gasteiger partial charge in [0.2, 0.25) is 0 Å². The average Bonchev–Trinajstić information content (AvgIpc) is 2.74. The lowest BCUT2D eigenvalue weighted by molar-refractivity contribution is 0.0699. The minimum Gasteiger partial charge on any atom is -0.477 e. The molecule has 1 aromatic heterocycles. The summed E-state index contributed by atoms with van der Waals surface area (Å²) in [5.41, 5.74) is 2.52. The second-order valence-corrected chi connectivity index (χ2v) is 6.62. The summed E-state index contributed by atoms with van der Waals surface area (Å²) in [5, 5.41) is 10.1. The Balaban J connectivity index is 2.55. The zero-order valence-electron chi connectivity index (χ0n) is 11.5. The summed E-state index contributed by atoms with van der Waals surface area (Å²) in [5.74, 6) is -0.902. The third-order valence-electron chi connectivity index (χ3n) is 2.83. The molecule has 2 rings (SSSR count). The minimum atomic E-state index is -0.902. The molecule has 0 bridgehead atoms. The Morgan fingerprint density at radius 3 is 2.21 bits per heavy atom. The Kier molecular flexibility index (Phi) is 3.45. The van der Waals surface area contributed by atoms with E-state index in [0.717, 1.165) is 10.6 Å². The molecule has 100 valence electrons. The van der Waals surface area contributed by atoms with E-state index in [2.05, 4.69) is 4.98 Å². The molecule has 0 spiro atoms. The Labute approximate surface area is 116 Å². The number of thiazole rings is 1. The molecule has 0 saturated heterocycles. The quantitative estimate of drug-likeness (QED) is 0.897. The largest absolute Gasteiger partial charge is 0.477 e. The van der Waals surface area contributed by atoms with Gasteiger partial charge in [0.25, 0.3) is 0 Å². The summed E-state index contributed by atoms with van der Waals surface area (Å²) >= 11 is 1.24. The van der Waals surface area contributed by atoms with E-state index in [0.29, 0.717) is 10.6 Å². The monoisotopic (exact) mass is 275 g/mol. The zero-order chi connectivity index (χ0) is 14.2. The second-order valence-electron chi connectivity index (χ2n) is 5.62. The van der Waals surface area contributed by atoms with Crippen molar-refractivity contribution in [1.29, 1.82) is 0 Å². The lowest BCUT2D eigenvalue weighted by Crippen LogP contribution is -2.16. The molecule has 1 aromatic carbocycles. The topological polar surface area (TPSA) is 50.2 Å². The van der Waals surface area contributed by atoms with Gasteiger partial charge in [-0.1, -0.05) is 50.6 Å². The SMILES string of the molecule is Cc1ccc(-c2nc(C(C)(C)C)c(C(=O)O)s2)cc1. The van der Waals surface area contributed by atoms with Crippen molar-refractivity contribution in [2.24, 2.45) is 0 Å². The van der Waals surface area contributed by atoms with Gasteiger partial charge in [0, 0.05) is 11.0 Å². The van der Waals surface area contributed by atoms with Crippen LogP contribution >= 0.6 is 11.3 Å². The molecule has 0 atom stereocenters. The summed E-state index contributed by atoms with van der Waals surface area (Å²) in [6, 6.07) is 7.97. The summed E-state index contributed by atoms with van der Waals surface area (Å²) in [7, 11) is 0. The van der Waals surface area contributed by atoms with Gasteiger partial charge in [0.05, 0.1) is 5.69 Å². The highest BCUT2D eigenvalue weighted by atomic mass is 32.1. The maximum absolute atomic E-state index is 11.3. The lowest BCUT2D eigenvalue weighted by Gasteiger charge is -2.16. The number of carboxylic acids is 1. The number of rotatable bonds is 2. The number of hydrogen-bond acceptors (Lipinski definition) is 3. The molecule has 0 fully saturated rings. The zero-order valence-corrected chi connectivity index (χ0v) is 12.3. The van der Waals surface area contributed by atoms with Crippen molar-refractivity contribution >= 4 is 17.3 Å². The first-order chi connectivity index (χ1) is 8.79. The number of hydrogen-bond donors (Lipinski definition) is 1. The number of nitrogens with zero attached hydrogens (tertiary/aromatic N) is 1. The van der Waals surface area contributed by atoms with Gasteiger partial charge in [-0.25, -0.2) is 9.78 Å². The molecule has 1 heterocycles. The van der Waals surface area contributed by atoms with Crippen molar-refractivity contribution in [3.8, 4) is 10.6 Å². The summed E-state index contributed by atoms with van der Waals surface area (Å²) < 4.78 is 0. The van der Waals surface area contributed by atoms with E-state index in [1.54, 1.807) is 0 Å². The summed E-state index contributed by atoms with van der Waals surface area (Å²) in [6.07, 6.45) is 0. The fourth-order valence-electron chi connectivity index (χ4n) is 1.79. The van der Waals surface area contributed by atoms with Crippen molar-refractivity contribution in [2.75, 3.05) is 0 Å². The number of aryl methyl sites for hydroxylation is 1. The normalized spacial score (nSPS) is 11.6. The molecule has 0 aliphatic carbocycles. The maximum Gasteiger partial charge on any atom is 0.347 e. The molecule has 0 aliphatic rings. The van der Waals surface area contributed by atoms with Crippen LogP contribution in [0.15, 0.2) is 24.3 Å². The van der Waals surface area contributed by atoms with Gasteiger partial charge in [0.1, 0.15) is 9.88 Å². The van der Waals surface area contributed by atoms with Crippen LogP contribution in [0.2, 0.25) is 0 Å². The molecule has 3 nitrogen and oxygen atoms in total. The highest BCUT2D eigenvalue weighted by molar-refractivity contribution is 7.17. The summed E-state index contributed by atoms with van der Waals surface area (Å²) in [6.45, 7) is 7.96. The van der Waals surface area contributed by atoms with E-state index in [1.165, 1.54) is 16.9 Å². The molecule has 0 unspecified atom stereocenters. The van der Waals surface area contributed by atoms with Crippen molar-refractivity contribution in [3.05, 3.63) is 40.4 Å². The van der Waals surface area contributed by atoms with E-state index >= 15 is 0 Å². The van der Waals surface area contributed by atoms with Crippen LogP contribution in [-0.2, 0) is 5.41 Å². The molecule has 19 heavy (non-hydrogen) atoms. The second kappa shape index (κ2) is 4.78. The third-order valence-corrected chi connectivity index (χ3v) is 3.92. The predicted molar refractivity (Wildman–Crippen MR) is 77.9 cm³/mol. The molecule has 0 saturated carbocycles. The average molecular weight is 275 g/mol. The molecule has 1 N–H and O–H groups in total. The van der Waals surface area contributed by atoms with Gasteiger partial charge < -0.3 is 5.11 Å². The molecular formula is C15H17NO2S. The van der Waals surface area contributed by atoms with E-state index in [-0.39, 0.29) is 5.41 Å². The standard InChI is InChI=1S/C15H17NO2S/c1-9-5-7-10(8-6-9)13-16-12(15(2,3)4)11(19-13)14(17)18/h5-8H,1-4H3,(H,17,18). The van der Waals surface area contributed by atoms with Gasteiger partial charge in [0.15, 0.2) is 0 Å². The minimum absolute atomic E-state index is 0.271. The van der Waals surface area contributed by atoms with Crippen LogP contribution in [0.5, 0.6) is 0 Å². The van der Waals surface area contributed by atoms with Crippen molar-refractivity contribution in [3.63, 3.8) is 0 Å². The van der Waals surface area contributed by atoms with Crippen LogP contribution in [0.3, 0.4) is 0 Å². The van der Waals surface area contributed by atoms with Crippen LogP contribution in [-0.4, -0.2) is 16.1 Å². The molecular weight excluding hydrogens is 258 g/mol. The van der Waals surface area contributed by atoms with Gasteiger partial charge in [-0.2, -0.15) is 0 Å². The molecule has 0 amide bonds. The molecule has 4 heteroatoms. The van der Waals surface area contributed by atoms with Crippen molar-refractivity contribution in [2.45, 2.75) is 33.1 Å². The first kappa shape index (κ1) is 13.7. The van der Waals surface area contributed by atoms with E-state index in [4.69, 9.17) is 0 Å². The van der Waals surface area contributed by atoms with Gasteiger partial charge >= 0.3 is 5.97 Å². The van der Waals surface area contributed by atoms with Gasteiger partial charge in [-0.3, -0.25) is 0 Å². The molecule has 0 radical (unpaired) electrons. The Hall–Kier alpha value is -1.68. The highest BCUT2D eigenvalue weighted by Gasteiger charge is 2.27. The van der Waals surface area contributed by atoms with E-state index in [1.807, 2.05) is 52.0 Å². The van der Waals surface area contributed by atoms with Crippen LogP contribution in [0, 0.1) is 6.92 Å². The third kappa shape index (κ3) is 2.84. The molecule has 2 aromatic rings. The lowest BCUT2D eigenvalue weighted by atomic mass is 9.91. The van der Waals surface area contributed by atoms with Gasteiger partial charge in [-0.15, -0.1) is 11.3 Å². The number of aromatic nitrogens is 1. The van der Waals surface area contributed by atoms with Crippen LogP contribution in [0.4, 0.5) is 0 Å². The Bertz CT molecular complexity index is 606. The number of carbonyl (C=O) groups is 1. The molecule has 0 aliphatic heterocycles. The highest BCUT2D eigenvalue weighted by Crippen LogP contribution is 2.34. The Morgan fingerprint density at radius 2 is 1.79 bits per heavy atom. The Morgan fingerprint density at radius 1 is 1.21 bits per heavy atom. The number of benzene rings is 1. The maximum atomic E-state index is 11.3. The number of aromatic carboxylic acids is 1. The fraction of sp³-hybridized carbons (Fsp3) is 0.333. The summed E-state index contributed by atoms with van der Waals surface area (Å²) in [4.78, 5) is 16.2. The van der Waals surface area contributed by atoms with Crippen molar-refractivity contribution < 1.29 is 9.90 Å². The van der Waals surface area contributed by atoms with Crippen LogP contribution < -0.4 is 0 Å². The smallest absolute Gasteiger partial charge is 0.347 e.